The van der Waals surface area contributed by atoms with Crippen LogP contribution in [-0.4, -0.2) is 71.1 Å². The van der Waals surface area contributed by atoms with Gasteiger partial charge < -0.3 is 29.2 Å². The number of aldehydes is 1. The Hall–Kier alpha value is -3.43. The van der Waals surface area contributed by atoms with Crippen molar-refractivity contribution < 1.29 is 28.6 Å². The summed E-state index contributed by atoms with van der Waals surface area (Å²) >= 11 is 0. The number of carbonyl (C=O) groups is 3. The van der Waals surface area contributed by atoms with Crippen molar-refractivity contribution in [2.24, 2.45) is 17.8 Å². The van der Waals surface area contributed by atoms with E-state index in [1.54, 1.807) is 12.0 Å². The highest BCUT2D eigenvalue weighted by molar-refractivity contribution is 5.88. The number of ether oxygens (including phenoxy) is 3. The molecule has 2 amide bonds. The van der Waals surface area contributed by atoms with Crippen LogP contribution in [0.5, 0.6) is 11.6 Å². The molecular weight excluding hydrogens is 560 g/mol. The number of nitrogens with zero attached hydrogens (tertiary/aromatic N) is 3. The molecule has 6 rings (SSSR count). The zero-order valence-corrected chi connectivity index (χ0v) is 26.0. The number of alkyl carbamates (subject to hydrolysis) is 1. The van der Waals surface area contributed by atoms with Gasteiger partial charge in [-0.25, -0.2) is 14.8 Å². The summed E-state index contributed by atoms with van der Waals surface area (Å²) in [6.45, 7) is 2.17. The summed E-state index contributed by atoms with van der Waals surface area (Å²) in [6.07, 6.45) is 12.3. The lowest BCUT2D eigenvalue weighted by Gasteiger charge is -2.34. The van der Waals surface area contributed by atoms with Crippen molar-refractivity contribution in [2.45, 2.75) is 115 Å². The highest BCUT2D eigenvalue weighted by Gasteiger charge is 2.47. The smallest absolute Gasteiger partial charge is 0.408 e. The van der Waals surface area contributed by atoms with Crippen LogP contribution in [-0.2, 0) is 20.7 Å². The van der Waals surface area contributed by atoms with E-state index in [0.29, 0.717) is 29.5 Å². The van der Waals surface area contributed by atoms with Crippen LogP contribution in [0.1, 0.15) is 89.7 Å². The number of fused-ring (bicyclic) bond motifs is 5. The van der Waals surface area contributed by atoms with Crippen LogP contribution >= 0.6 is 0 Å². The molecule has 3 fully saturated rings. The second kappa shape index (κ2) is 13.7. The first kappa shape index (κ1) is 30.6. The number of benzene rings is 1. The standard InChI is InChI=1S/C34H46N4O6/c1-21-28(20-39)38-19-30(21)43-32-26(35-25-17-16-24(42-2)18-27(25)36-32)14-8-4-5-10-22-13-9-15-29(22)44-34(41)37-31(33(38)40)23-11-6-3-7-12-23/h16-18,20-23,28-31H,3-15,19H2,1-2H3,(H,37,41)/t21-,22+,28+,29+,30-,31-/m0/s1. The number of aryl methyl sites for hydroxylation is 1. The van der Waals surface area contributed by atoms with Gasteiger partial charge >= 0.3 is 6.09 Å². The maximum atomic E-state index is 14.3. The number of aromatic nitrogens is 2. The number of methoxy groups -OCH3 is 1. The molecule has 4 aliphatic rings. The lowest BCUT2D eigenvalue weighted by atomic mass is 9.83. The highest BCUT2D eigenvalue weighted by Crippen LogP contribution is 2.35. The van der Waals surface area contributed by atoms with E-state index < -0.39 is 24.3 Å². The van der Waals surface area contributed by atoms with Gasteiger partial charge in [0.1, 0.15) is 36.0 Å². The van der Waals surface area contributed by atoms with E-state index in [-0.39, 0.29) is 30.4 Å². The molecule has 10 nitrogen and oxygen atoms in total. The van der Waals surface area contributed by atoms with Crippen LogP contribution in [0.4, 0.5) is 4.79 Å². The van der Waals surface area contributed by atoms with Gasteiger partial charge in [-0.3, -0.25) is 4.79 Å². The zero-order valence-electron chi connectivity index (χ0n) is 26.0. The lowest BCUT2D eigenvalue weighted by Crippen LogP contribution is -2.55. The third-order valence-electron chi connectivity index (χ3n) is 10.5. The van der Waals surface area contributed by atoms with Gasteiger partial charge in [-0.05, 0) is 75.3 Å². The second-order valence-electron chi connectivity index (χ2n) is 13.2. The lowest BCUT2D eigenvalue weighted by molar-refractivity contribution is -0.138. The first-order valence-electron chi connectivity index (χ1n) is 16.7. The molecule has 2 aliphatic carbocycles. The summed E-state index contributed by atoms with van der Waals surface area (Å²) in [5.74, 6) is 0.963. The van der Waals surface area contributed by atoms with Gasteiger partial charge in [-0.15, -0.1) is 0 Å². The summed E-state index contributed by atoms with van der Waals surface area (Å²) in [4.78, 5) is 51.5. The molecule has 2 saturated carbocycles. The van der Waals surface area contributed by atoms with Crippen molar-refractivity contribution in [3.63, 3.8) is 0 Å². The molecule has 1 saturated heterocycles. The molecule has 1 aromatic heterocycles. The van der Waals surface area contributed by atoms with E-state index in [0.717, 1.165) is 94.5 Å². The van der Waals surface area contributed by atoms with Crippen molar-refractivity contribution in [1.82, 2.24) is 20.2 Å². The Morgan fingerprint density at radius 3 is 2.41 bits per heavy atom. The predicted molar refractivity (Wildman–Crippen MR) is 165 cm³/mol. The van der Waals surface area contributed by atoms with E-state index in [4.69, 9.17) is 24.2 Å². The normalized spacial score (nSPS) is 30.7. The number of amides is 2. The van der Waals surface area contributed by atoms with Crippen LogP contribution in [0, 0.1) is 17.8 Å². The number of carbonyl (C=O) groups excluding carboxylic acids is 3. The number of rotatable bonds is 3. The fraction of sp³-hybridized carbons (Fsp3) is 0.676. The maximum Gasteiger partial charge on any atom is 0.408 e. The van der Waals surface area contributed by atoms with Gasteiger partial charge in [0.2, 0.25) is 11.8 Å². The molecule has 1 aromatic carbocycles. The second-order valence-corrected chi connectivity index (χ2v) is 13.2. The van der Waals surface area contributed by atoms with Crippen LogP contribution in [0.3, 0.4) is 0 Å². The van der Waals surface area contributed by atoms with Crippen LogP contribution in [0.2, 0.25) is 0 Å². The minimum atomic E-state index is -0.738. The summed E-state index contributed by atoms with van der Waals surface area (Å²) in [7, 11) is 1.62. The Morgan fingerprint density at radius 1 is 0.886 bits per heavy atom. The number of nitrogens with one attached hydrogen (secondary N) is 1. The van der Waals surface area contributed by atoms with Gasteiger partial charge in [0.25, 0.3) is 0 Å². The van der Waals surface area contributed by atoms with Crippen LogP contribution in [0.15, 0.2) is 18.2 Å². The summed E-state index contributed by atoms with van der Waals surface area (Å²) in [5.41, 5.74) is 2.23. The molecule has 44 heavy (non-hydrogen) atoms. The maximum absolute atomic E-state index is 14.3. The van der Waals surface area contributed by atoms with E-state index >= 15 is 0 Å². The van der Waals surface area contributed by atoms with Crippen molar-refractivity contribution >= 4 is 29.3 Å². The van der Waals surface area contributed by atoms with Gasteiger partial charge in [-0.2, -0.15) is 0 Å². The zero-order chi connectivity index (χ0) is 30.6. The Bertz CT molecular complexity index is 1350. The molecule has 0 radical (unpaired) electrons. The third-order valence-corrected chi connectivity index (χ3v) is 10.5. The van der Waals surface area contributed by atoms with Gasteiger partial charge in [0.05, 0.1) is 30.7 Å². The minimum Gasteiger partial charge on any atom is -0.497 e. The SMILES string of the molecule is COc1ccc2nc3c(nc2c1)O[C@H]1CN(C(=O)[C@H](C2CCCCC2)NC(=O)O[C@@H]2CCC[C@H]2CCCCC3)[C@H](C=O)[C@@H]1C. The molecule has 6 atom stereocenters. The predicted octanol–water partition coefficient (Wildman–Crippen LogP) is 5.39. The highest BCUT2D eigenvalue weighted by atomic mass is 16.6. The van der Waals surface area contributed by atoms with E-state index in [1.165, 1.54) is 0 Å². The summed E-state index contributed by atoms with van der Waals surface area (Å²) < 4.78 is 18.0. The molecule has 0 unspecified atom stereocenters. The molecular formula is C34H46N4O6. The fourth-order valence-corrected chi connectivity index (χ4v) is 7.84. The Balaban J connectivity index is 1.34. The van der Waals surface area contributed by atoms with E-state index in [9.17, 15) is 14.4 Å². The Kier molecular flexibility index (Phi) is 9.52. The Morgan fingerprint density at radius 2 is 1.64 bits per heavy atom. The molecule has 0 spiro atoms. The van der Waals surface area contributed by atoms with Crippen LogP contribution < -0.4 is 14.8 Å². The van der Waals surface area contributed by atoms with Gasteiger partial charge in [0, 0.05) is 12.0 Å². The third kappa shape index (κ3) is 6.49. The largest absolute Gasteiger partial charge is 0.497 e. The molecule has 10 heteroatoms. The first-order valence-corrected chi connectivity index (χ1v) is 16.7. The molecule has 1 N–H and O–H groups in total. The minimum absolute atomic E-state index is 0.00397. The average molecular weight is 607 g/mol. The summed E-state index contributed by atoms with van der Waals surface area (Å²) in [5, 5.41) is 3.00. The van der Waals surface area contributed by atoms with E-state index in [1.807, 2.05) is 25.1 Å². The van der Waals surface area contributed by atoms with Crippen molar-refractivity contribution in [3.8, 4) is 11.6 Å². The number of hydrogen-bond acceptors (Lipinski definition) is 8. The molecule has 3 heterocycles. The molecule has 2 aromatic rings. The van der Waals surface area contributed by atoms with Gasteiger partial charge in [-0.1, -0.05) is 39.0 Å². The average Bonchev–Trinajstić information content (AvgIpc) is 3.61. The summed E-state index contributed by atoms with van der Waals surface area (Å²) in [6, 6.07) is 4.22. The fourth-order valence-electron chi connectivity index (χ4n) is 7.84. The van der Waals surface area contributed by atoms with Crippen molar-refractivity contribution in [3.05, 3.63) is 23.9 Å². The Labute approximate surface area is 259 Å². The molecule has 2 aliphatic heterocycles. The van der Waals surface area contributed by atoms with Crippen LogP contribution in [0.25, 0.3) is 11.0 Å². The first-order chi connectivity index (χ1) is 21.4. The molecule has 238 valence electrons. The van der Waals surface area contributed by atoms with Gasteiger partial charge in [0.15, 0.2) is 0 Å². The number of hydrogen-bond donors (Lipinski definition) is 1. The molecule has 2 bridgehead atoms. The van der Waals surface area contributed by atoms with Crippen molar-refractivity contribution in [2.75, 3.05) is 13.7 Å². The van der Waals surface area contributed by atoms with E-state index in [2.05, 4.69) is 5.32 Å². The monoisotopic (exact) mass is 606 g/mol. The topological polar surface area (TPSA) is 120 Å². The van der Waals surface area contributed by atoms with Crippen molar-refractivity contribution in [1.29, 1.82) is 0 Å². The quantitative estimate of drug-likeness (QED) is 0.462.